The van der Waals surface area contributed by atoms with Gasteiger partial charge in [-0.1, -0.05) is 48.5 Å². The first-order chi connectivity index (χ1) is 8.93. The fourth-order valence-electron chi connectivity index (χ4n) is 1.78. The second-order valence-electron chi connectivity index (χ2n) is 3.89. The fraction of sp³-hybridized carbons (Fsp3) is 0. The highest BCUT2D eigenvalue weighted by Gasteiger charge is 2.15. The highest BCUT2D eigenvalue weighted by Crippen LogP contribution is 2.19. The summed E-state index contributed by atoms with van der Waals surface area (Å²) in [6, 6.07) is 20.1. The van der Waals surface area contributed by atoms with Gasteiger partial charge < -0.3 is 8.54 Å². The van der Waals surface area contributed by atoms with Crippen LogP contribution in [0, 0.1) is 0 Å². The Morgan fingerprint density at radius 2 is 1.39 bits per heavy atom. The molecule has 1 aliphatic heterocycles. The van der Waals surface area contributed by atoms with Crippen molar-refractivity contribution in [2.24, 2.45) is 0 Å². The number of carbonyl (C=O) groups excluding carboxylic acids is 1. The van der Waals surface area contributed by atoms with Gasteiger partial charge in [-0.2, -0.15) is 0 Å². The monoisotopic (exact) mass is 251 g/mol. The highest BCUT2D eigenvalue weighted by atomic mass is 28.2. The predicted molar refractivity (Wildman–Crippen MR) is 72.0 cm³/mol. The van der Waals surface area contributed by atoms with Crippen molar-refractivity contribution in [3.8, 4) is 0 Å². The molecule has 1 aliphatic rings. The SMILES string of the molecule is C1=C(c2ccccc2)O[Si-][O+]=C1c1ccccc1. The Morgan fingerprint density at radius 1 is 0.778 bits per heavy atom. The lowest BCUT2D eigenvalue weighted by Crippen LogP contribution is -2.10. The number of rotatable bonds is 2. The zero-order chi connectivity index (χ0) is 12.2. The third-order valence-corrected chi connectivity index (χ3v) is 3.29. The molecule has 0 saturated carbocycles. The molecule has 0 saturated heterocycles. The summed E-state index contributed by atoms with van der Waals surface area (Å²) in [6.07, 6.45) is 1.95. The minimum absolute atomic E-state index is 0.00807. The molecule has 0 aliphatic carbocycles. The van der Waals surface area contributed by atoms with Gasteiger partial charge in [-0.25, -0.2) is 0 Å². The van der Waals surface area contributed by atoms with Crippen LogP contribution in [0.2, 0.25) is 0 Å². The molecule has 0 spiro atoms. The largest absolute Gasteiger partial charge is 0.629 e. The van der Waals surface area contributed by atoms with Crippen LogP contribution in [-0.2, 0) is 4.43 Å². The fourth-order valence-corrected chi connectivity index (χ4v) is 2.35. The molecule has 2 nitrogen and oxygen atoms in total. The van der Waals surface area contributed by atoms with Gasteiger partial charge in [0.15, 0.2) is 0 Å². The first-order valence-electron chi connectivity index (χ1n) is 5.72. The first kappa shape index (κ1) is 11.0. The molecule has 0 unspecified atom stereocenters. The normalized spacial score (nSPS) is 14.0. The molecule has 1 radical (unpaired) electrons. The van der Waals surface area contributed by atoms with Crippen molar-refractivity contribution < 1.29 is 8.54 Å². The van der Waals surface area contributed by atoms with E-state index in [4.69, 9.17) is 8.54 Å². The summed E-state index contributed by atoms with van der Waals surface area (Å²) in [4.78, 5) is 0. The second-order valence-corrected chi connectivity index (χ2v) is 4.47. The first-order valence-corrected chi connectivity index (χ1v) is 6.53. The van der Waals surface area contributed by atoms with Gasteiger partial charge >= 0.3 is 10.0 Å². The summed E-state index contributed by atoms with van der Waals surface area (Å²) >= 11 is 0. The van der Waals surface area contributed by atoms with Crippen LogP contribution >= 0.6 is 0 Å². The molecule has 0 bridgehead atoms. The van der Waals surface area contributed by atoms with E-state index >= 15 is 0 Å². The molecule has 1 heterocycles. The molecule has 3 heteroatoms. The number of hydrogen-bond acceptors (Lipinski definition) is 1. The van der Waals surface area contributed by atoms with E-state index in [1.807, 2.05) is 66.7 Å². The van der Waals surface area contributed by atoms with Crippen LogP contribution in [0.3, 0.4) is 0 Å². The lowest BCUT2D eigenvalue weighted by atomic mass is 10.1. The summed E-state index contributed by atoms with van der Waals surface area (Å²) < 4.78 is 11.1. The summed E-state index contributed by atoms with van der Waals surface area (Å²) in [5.41, 5.74) is 2.14. The Balaban J connectivity index is 1.95. The number of benzene rings is 2. The Morgan fingerprint density at radius 3 is 2.06 bits per heavy atom. The second kappa shape index (κ2) is 5.02. The average Bonchev–Trinajstić information content (AvgIpc) is 2.49. The van der Waals surface area contributed by atoms with E-state index in [2.05, 4.69) is 0 Å². The third kappa shape index (κ3) is 2.26. The standard InChI is InChI=1S/C15H11O2Si/c1-3-7-12(8-4-1)14-11-15(17-18-16-14)13-9-5-2-6-10-13/h1-11H. The van der Waals surface area contributed by atoms with Gasteiger partial charge in [0, 0.05) is 5.56 Å². The van der Waals surface area contributed by atoms with Crippen LogP contribution in [0.25, 0.3) is 5.76 Å². The average molecular weight is 251 g/mol. The topological polar surface area (TPSA) is 20.5 Å². The summed E-state index contributed by atoms with van der Waals surface area (Å²) in [6.45, 7) is 0. The van der Waals surface area contributed by atoms with Gasteiger partial charge in [-0.05, 0) is 12.1 Å². The van der Waals surface area contributed by atoms with E-state index in [1.165, 1.54) is 0 Å². The van der Waals surface area contributed by atoms with Gasteiger partial charge in [0.25, 0.3) is 5.78 Å². The Bertz CT molecular complexity index is 588. The molecule has 18 heavy (non-hydrogen) atoms. The van der Waals surface area contributed by atoms with Crippen molar-refractivity contribution in [1.82, 2.24) is 0 Å². The molecular formula is C15H11O2Si. The van der Waals surface area contributed by atoms with Crippen molar-refractivity contribution in [2.45, 2.75) is 0 Å². The van der Waals surface area contributed by atoms with E-state index in [-0.39, 0.29) is 10.0 Å². The smallest absolute Gasteiger partial charge is 0.424 e. The number of allylic oxidation sites excluding steroid dienone is 1. The van der Waals surface area contributed by atoms with Crippen LogP contribution in [0.1, 0.15) is 15.2 Å². The zero-order valence-electron chi connectivity index (χ0n) is 9.67. The Labute approximate surface area is 108 Å². The molecule has 0 aromatic heterocycles. The van der Waals surface area contributed by atoms with Gasteiger partial charge in [0.2, 0.25) is 0 Å². The van der Waals surface area contributed by atoms with Crippen LogP contribution in [0.4, 0.5) is 0 Å². The maximum atomic E-state index is 5.56. The minimum atomic E-state index is 0.00807. The quantitative estimate of drug-likeness (QED) is 0.593. The van der Waals surface area contributed by atoms with Crippen LogP contribution in [0.15, 0.2) is 66.7 Å². The van der Waals surface area contributed by atoms with E-state index in [0.717, 1.165) is 22.7 Å². The molecule has 2 aromatic carbocycles. The van der Waals surface area contributed by atoms with Crippen LogP contribution < -0.4 is 0 Å². The lowest BCUT2D eigenvalue weighted by molar-refractivity contribution is -0.101. The molecule has 87 valence electrons. The maximum absolute atomic E-state index is 5.56. The van der Waals surface area contributed by atoms with E-state index in [9.17, 15) is 0 Å². The molecule has 0 fully saturated rings. The summed E-state index contributed by atoms with van der Waals surface area (Å²) in [5.74, 6) is 1.72. The van der Waals surface area contributed by atoms with Crippen molar-refractivity contribution in [3.05, 3.63) is 77.9 Å². The van der Waals surface area contributed by atoms with E-state index in [0.29, 0.717) is 0 Å². The van der Waals surface area contributed by atoms with Crippen molar-refractivity contribution >= 4 is 21.5 Å². The number of ketones is 1. The lowest BCUT2D eigenvalue weighted by Gasteiger charge is -2.16. The van der Waals surface area contributed by atoms with E-state index < -0.39 is 0 Å². The van der Waals surface area contributed by atoms with Gasteiger partial charge in [0.05, 0.1) is 17.4 Å². The molecule has 3 rings (SSSR count). The predicted octanol–water partition coefficient (Wildman–Crippen LogP) is 3.01. The number of hydrogen-bond donors (Lipinski definition) is 0. The Kier molecular flexibility index (Phi) is 3.06. The molecule has 0 N–H and O–H groups in total. The Hall–Kier alpha value is -2.13. The third-order valence-electron chi connectivity index (χ3n) is 2.68. The minimum Gasteiger partial charge on any atom is -0.629 e. The zero-order valence-corrected chi connectivity index (χ0v) is 10.7. The van der Waals surface area contributed by atoms with Gasteiger partial charge in [-0.15, -0.1) is 0 Å². The summed E-state index contributed by atoms with van der Waals surface area (Å²) in [7, 11) is 0.00807. The van der Waals surface area contributed by atoms with E-state index in [1.54, 1.807) is 0 Å². The van der Waals surface area contributed by atoms with Crippen molar-refractivity contribution in [3.63, 3.8) is 0 Å². The molecule has 0 amide bonds. The highest BCUT2D eigenvalue weighted by molar-refractivity contribution is 6.25. The molecular weight excluding hydrogens is 240 g/mol. The van der Waals surface area contributed by atoms with Crippen LogP contribution in [-0.4, -0.2) is 15.8 Å². The van der Waals surface area contributed by atoms with Crippen LogP contribution in [0.5, 0.6) is 0 Å². The molecule has 0 atom stereocenters. The van der Waals surface area contributed by atoms with Crippen molar-refractivity contribution in [1.29, 1.82) is 0 Å². The van der Waals surface area contributed by atoms with Crippen molar-refractivity contribution in [2.75, 3.05) is 0 Å². The molecule has 2 aromatic rings. The summed E-state index contributed by atoms with van der Waals surface area (Å²) in [5, 5.41) is 0. The van der Waals surface area contributed by atoms with Gasteiger partial charge in [-0.3, -0.25) is 0 Å². The van der Waals surface area contributed by atoms with Gasteiger partial charge in [0.1, 0.15) is 0 Å². The maximum Gasteiger partial charge on any atom is 0.424 e.